The Morgan fingerprint density at radius 1 is 1.05 bits per heavy atom. The summed E-state index contributed by atoms with van der Waals surface area (Å²) in [7, 11) is 0. The van der Waals surface area contributed by atoms with E-state index < -0.39 is 0 Å². The molecule has 0 spiro atoms. The van der Waals surface area contributed by atoms with Crippen LogP contribution in [0.5, 0.6) is 11.5 Å². The molecule has 1 atom stereocenters. The molecule has 4 heteroatoms. The molecule has 1 unspecified atom stereocenters. The van der Waals surface area contributed by atoms with Crippen LogP contribution in [0.1, 0.15) is 28.3 Å². The molecule has 1 aliphatic rings. The Hall–Kier alpha value is -2.49. The Morgan fingerprint density at radius 3 is 2.57 bits per heavy atom. The fourth-order valence-corrected chi connectivity index (χ4v) is 2.82. The van der Waals surface area contributed by atoms with Crippen molar-refractivity contribution in [3.8, 4) is 11.5 Å². The molecule has 2 N–H and O–H groups in total. The molecule has 3 rings (SSSR count). The van der Waals surface area contributed by atoms with Gasteiger partial charge in [-0.05, 0) is 24.1 Å². The van der Waals surface area contributed by atoms with Gasteiger partial charge in [0, 0.05) is 19.0 Å². The van der Waals surface area contributed by atoms with Crippen LogP contribution < -0.4 is 0 Å². The van der Waals surface area contributed by atoms with Gasteiger partial charge in [0.2, 0.25) is 0 Å². The molecule has 1 heterocycles. The van der Waals surface area contributed by atoms with Crippen molar-refractivity contribution in [1.82, 2.24) is 4.90 Å². The van der Waals surface area contributed by atoms with Gasteiger partial charge >= 0.3 is 0 Å². The van der Waals surface area contributed by atoms with Crippen molar-refractivity contribution in [3.05, 3.63) is 59.7 Å². The minimum absolute atomic E-state index is 0.156. The van der Waals surface area contributed by atoms with E-state index in [1.807, 2.05) is 18.2 Å². The molecule has 0 aliphatic carbocycles. The molecule has 1 amide bonds. The number of phenolic OH excluding ortho intramolecular Hbond substituents is 2. The Labute approximate surface area is 123 Å². The largest absolute Gasteiger partial charge is 0.504 e. The molecule has 0 bridgehead atoms. The summed E-state index contributed by atoms with van der Waals surface area (Å²) in [6.07, 6.45) is 0.912. The average molecular weight is 283 g/mol. The number of likely N-dealkylation sites (tertiary alicyclic amines) is 1. The zero-order valence-corrected chi connectivity index (χ0v) is 11.6. The third kappa shape index (κ3) is 2.57. The second-order valence-corrected chi connectivity index (χ2v) is 5.32. The topological polar surface area (TPSA) is 60.8 Å². The summed E-state index contributed by atoms with van der Waals surface area (Å²) in [6, 6.07) is 14.6. The highest BCUT2D eigenvalue weighted by molar-refractivity contribution is 5.97. The van der Waals surface area contributed by atoms with Gasteiger partial charge in [-0.2, -0.15) is 0 Å². The summed E-state index contributed by atoms with van der Waals surface area (Å²) in [6.45, 7) is 1.30. The number of amides is 1. The summed E-state index contributed by atoms with van der Waals surface area (Å²) >= 11 is 0. The first-order valence-corrected chi connectivity index (χ1v) is 7.02. The van der Waals surface area contributed by atoms with E-state index in [2.05, 4.69) is 12.1 Å². The Kier molecular flexibility index (Phi) is 3.52. The molecule has 0 aromatic heterocycles. The molecule has 4 nitrogen and oxygen atoms in total. The standard InChI is InChI=1S/C17H17NO3/c19-15-8-4-7-14(16(15)20)17(21)18-10-9-13(11-18)12-5-2-1-3-6-12/h1-8,13,19-20H,9-11H2. The van der Waals surface area contributed by atoms with Crippen molar-refractivity contribution < 1.29 is 15.0 Å². The number of benzene rings is 2. The Morgan fingerprint density at radius 2 is 1.81 bits per heavy atom. The molecule has 0 radical (unpaired) electrons. The number of hydrogen-bond donors (Lipinski definition) is 2. The van der Waals surface area contributed by atoms with E-state index in [1.165, 1.54) is 17.7 Å². The number of para-hydroxylation sites is 1. The second kappa shape index (κ2) is 5.48. The molecule has 21 heavy (non-hydrogen) atoms. The summed E-state index contributed by atoms with van der Waals surface area (Å²) in [4.78, 5) is 14.2. The maximum absolute atomic E-state index is 12.5. The summed E-state index contributed by atoms with van der Waals surface area (Å²) in [5, 5.41) is 19.3. The SMILES string of the molecule is O=C(c1cccc(O)c1O)N1CCC(c2ccccc2)C1. The lowest BCUT2D eigenvalue weighted by atomic mass is 9.99. The first-order chi connectivity index (χ1) is 10.2. The van der Waals surface area contributed by atoms with E-state index in [4.69, 9.17) is 0 Å². The number of aromatic hydroxyl groups is 2. The van der Waals surface area contributed by atoms with E-state index in [0.717, 1.165) is 6.42 Å². The van der Waals surface area contributed by atoms with Gasteiger partial charge in [0.15, 0.2) is 11.5 Å². The zero-order chi connectivity index (χ0) is 14.8. The van der Waals surface area contributed by atoms with Crippen LogP contribution in [0, 0.1) is 0 Å². The van der Waals surface area contributed by atoms with Crippen LogP contribution in [0.4, 0.5) is 0 Å². The van der Waals surface area contributed by atoms with Gasteiger partial charge in [0.25, 0.3) is 5.91 Å². The fourth-order valence-electron chi connectivity index (χ4n) is 2.82. The van der Waals surface area contributed by atoms with Crippen molar-refractivity contribution in [1.29, 1.82) is 0 Å². The highest BCUT2D eigenvalue weighted by atomic mass is 16.3. The van der Waals surface area contributed by atoms with Crippen molar-refractivity contribution in [3.63, 3.8) is 0 Å². The number of phenols is 2. The van der Waals surface area contributed by atoms with E-state index in [-0.39, 0.29) is 23.0 Å². The van der Waals surface area contributed by atoms with Gasteiger partial charge in [-0.25, -0.2) is 0 Å². The molecule has 108 valence electrons. The van der Waals surface area contributed by atoms with Crippen molar-refractivity contribution >= 4 is 5.91 Å². The molecule has 0 saturated carbocycles. The number of nitrogens with zero attached hydrogens (tertiary/aromatic N) is 1. The lowest BCUT2D eigenvalue weighted by Gasteiger charge is -2.17. The Balaban J connectivity index is 1.77. The van der Waals surface area contributed by atoms with Crippen molar-refractivity contribution in [2.75, 3.05) is 13.1 Å². The summed E-state index contributed by atoms with van der Waals surface area (Å²) in [5.74, 6) is -0.512. The Bertz CT molecular complexity index is 654. The van der Waals surface area contributed by atoms with Crippen molar-refractivity contribution in [2.24, 2.45) is 0 Å². The predicted molar refractivity (Wildman–Crippen MR) is 79.5 cm³/mol. The van der Waals surface area contributed by atoms with Crippen LogP contribution in [0.3, 0.4) is 0 Å². The zero-order valence-electron chi connectivity index (χ0n) is 11.6. The smallest absolute Gasteiger partial charge is 0.257 e. The van der Waals surface area contributed by atoms with E-state index >= 15 is 0 Å². The first-order valence-electron chi connectivity index (χ1n) is 7.02. The quantitative estimate of drug-likeness (QED) is 0.833. The van der Waals surface area contributed by atoms with E-state index in [9.17, 15) is 15.0 Å². The highest BCUT2D eigenvalue weighted by Crippen LogP contribution is 2.32. The average Bonchev–Trinajstić information content (AvgIpc) is 3.00. The van der Waals surface area contributed by atoms with Crippen LogP contribution in [0.15, 0.2) is 48.5 Å². The number of carbonyl (C=O) groups excluding carboxylic acids is 1. The minimum atomic E-state index is -0.342. The van der Waals surface area contributed by atoms with Gasteiger partial charge in [-0.3, -0.25) is 4.79 Å². The van der Waals surface area contributed by atoms with Gasteiger partial charge in [-0.1, -0.05) is 36.4 Å². The van der Waals surface area contributed by atoms with Gasteiger partial charge in [-0.15, -0.1) is 0 Å². The maximum atomic E-state index is 12.5. The molecule has 1 fully saturated rings. The minimum Gasteiger partial charge on any atom is -0.504 e. The number of carbonyl (C=O) groups is 1. The highest BCUT2D eigenvalue weighted by Gasteiger charge is 2.29. The fraction of sp³-hybridized carbons (Fsp3) is 0.235. The number of hydrogen-bond acceptors (Lipinski definition) is 3. The number of rotatable bonds is 2. The van der Waals surface area contributed by atoms with Crippen LogP contribution in [0.2, 0.25) is 0 Å². The van der Waals surface area contributed by atoms with Gasteiger partial charge in [0.05, 0.1) is 5.56 Å². The predicted octanol–water partition coefficient (Wildman–Crippen LogP) is 2.73. The van der Waals surface area contributed by atoms with E-state index in [1.54, 1.807) is 11.0 Å². The van der Waals surface area contributed by atoms with Crippen LogP contribution >= 0.6 is 0 Å². The summed E-state index contributed by atoms with van der Waals surface area (Å²) < 4.78 is 0. The normalized spacial score (nSPS) is 17.9. The second-order valence-electron chi connectivity index (χ2n) is 5.32. The molecular weight excluding hydrogens is 266 g/mol. The van der Waals surface area contributed by atoms with Crippen LogP contribution in [-0.4, -0.2) is 34.1 Å². The third-order valence-electron chi connectivity index (χ3n) is 3.99. The molecule has 2 aromatic rings. The molecule has 2 aromatic carbocycles. The monoisotopic (exact) mass is 283 g/mol. The van der Waals surface area contributed by atoms with Crippen LogP contribution in [-0.2, 0) is 0 Å². The third-order valence-corrected chi connectivity index (χ3v) is 3.99. The van der Waals surface area contributed by atoms with Crippen molar-refractivity contribution in [2.45, 2.75) is 12.3 Å². The lowest BCUT2D eigenvalue weighted by Crippen LogP contribution is -2.28. The van der Waals surface area contributed by atoms with Crippen LogP contribution in [0.25, 0.3) is 0 Å². The summed E-state index contributed by atoms with van der Waals surface area (Å²) in [5.41, 5.74) is 1.39. The van der Waals surface area contributed by atoms with Gasteiger partial charge in [0.1, 0.15) is 0 Å². The molecular formula is C17H17NO3. The molecule has 1 aliphatic heterocycles. The lowest BCUT2D eigenvalue weighted by molar-refractivity contribution is 0.0787. The van der Waals surface area contributed by atoms with E-state index in [0.29, 0.717) is 19.0 Å². The van der Waals surface area contributed by atoms with Gasteiger partial charge < -0.3 is 15.1 Å². The molecule has 1 saturated heterocycles. The first kappa shape index (κ1) is 13.5. The maximum Gasteiger partial charge on any atom is 0.257 e.